The minimum atomic E-state index is -0.169. The minimum Gasteiger partial charge on any atom is -0.496 e. The maximum Gasteiger partial charge on any atom is 0.135 e. The molecule has 0 fully saturated rings. The van der Waals surface area contributed by atoms with Crippen molar-refractivity contribution in [3.05, 3.63) is 77.2 Å². The fraction of sp³-hybridized carbons (Fsp3) is 0.190. The van der Waals surface area contributed by atoms with Crippen LogP contribution < -0.4 is 10.5 Å². The van der Waals surface area contributed by atoms with Gasteiger partial charge in [0.25, 0.3) is 0 Å². The average Bonchev–Trinajstić information content (AvgIpc) is 2.81. The number of ether oxygens (including phenoxy) is 1. The zero-order valence-corrected chi connectivity index (χ0v) is 16.7. The summed E-state index contributed by atoms with van der Waals surface area (Å²) < 4.78 is 5.82. The fourth-order valence-corrected chi connectivity index (χ4v) is 3.24. The number of nitrogen functional groups attached to an aromatic ring is 1. The van der Waals surface area contributed by atoms with Gasteiger partial charge in [-0.1, -0.05) is 24.6 Å². The zero-order valence-electron chi connectivity index (χ0n) is 16.0. The maximum atomic E-state index is 6.58. The van der Waals surface area contributed by atoms with Crippen LogP contribution in [0.25, 0.3) is 11.1 Å². The van der Waals surface area contributed by atoms with Gasteiger partial charge >= 0.3 is 0 Å². The van der Waals surface area contributed by atoms with E-state index in [4.69, 9.17) is 22.1 Å². The maximum absolute atomic E-state index is 6.58. The van der Waals surface area contributed by atoms with E-state index in [1.165, 1.54) is 0 Å². The molecular formula is C21H22ClN5O. The van der Waals surface area contributed by atoms with Crippen LogP contribution in [0.15, 0.2) is 55.2 Å². The molecule has 1 aromatic carbocycles. The number of nitrogens with zero attached hydrogens (tertiary/aromatic N) is 3. The summed E-state index contributed by atoms with van der Waals surface area (Å²) in [5.74, 6) is 1.66. The molecule has 2 aromatic heterocycles. The smallest absolute Gasteiger partial charge is 0.135 e. The summed E-state index contributed by atoms with van der Waals surface area (Å²) >= 11 is 6.58. The van der Waals surface area contributed by atoms with Crippen LogP contribution in [0, 0.1) is 6.92 Å². The third kappa shape index (κ3) is 4.07. The SMILES string of the molecule is COc1c(C(C)c2ncc[nH]c(N)ccn2)cc(Cl)c(C)c1-c1cccnc1. The number of hydrogen-bond acceptors (Lipinski definition) is 5. The van der Waals surface area contributed by atoms with Crippen LogP contribution in [0.3, 0.4) is 0 Å². The van der Waals surface area contributed by atoms with E-state index in [-0.39, 0.29) is 5.92 Å². The van der Waals surface area contributed by atoms with E-state index in [9.17, 15) is 0 Å². The van der Waals surface area contributed by atoms with E-state index < -0.39 is 0 Å². The first kappa shape index (κ1) is 19.6. The van der Waals surface area contributed by atoms with Gasteiger partial charge in [0.2, 0.25) is 0 Å². The Morgan fingerprint density at radius 2 is 1.96 bits per heavy atom. The largest absolute Gasteiger partial charge is 0.496 e. The van der Waals surface area contributed by atoms with Crippen molar-refractivity contribution in [3.63, 3.8) is 0 Å². The summed E-state index contributed by atoms with van der Waals surface area (Å²) in [6.45, 7) is 3.98. The first-order chi connectivity index (χ1) is 13.5. The number of aromatic nitrogens is 4. The van der Waals surface area contributed by atoms with Crippen molar-refractivity contribution in [3.8, 4) is 16.9 Å². The summed E-state index contributed by atoms with van der Waals surface area (Å²) in [6, 6.07) is 7.47. The number of H-pyrrole nitrogens is 1. The van der Waals surface area contributed by atoms with Crippen molar-refractivity contribution >= 4 is 17.4 Å². The Morgan fingerprint density at radius 3 is 2.68 bits per heavy atom. The van der Waals surface area contributed by atoms with Crippen molar-refractivity contribution in [2.75, 3.05) is 12.8 Å². The highest BCUT2D eigenvalue weighted by molar-refractivity contribution is 6.32. The molecule has 3 aromatic rings. The highest BCUT2D eigenvalue weighted by Crippen LogP contribution is 2.43. The molecule has 2 heterocycles. The number of rotatable bonds is 4. The third-order valence-electron chi connectivity index (χ3n) is 4.51. The van der Waals surface area contributed by atoms with E-state index in [1.807, 2.05) is 32.0 Å². The van der Waals surface area contributed by atoms with Crippen molar-refractivity contribution in [2.24, 2.45) is 0 Å². The summed E-state index contributed by atoms with van der Waals surface area (Å²) in [5.41, 5.74) is 9.47. The van der Waals surface area contributed by atoms with Crippen LogP contribution in [0.2, 0.25) is 5.02 Å². The van der Waals surface area contributed by atoms with Crippen LogP contribution in [0.1, 0.15) is 29.8 Å². The molecule has 0 saturated carbocycles. The summed E-state index contributed by atoms with van der Waals surface area (Å²) in [6.07, 6.45) is 8.44. The van der Waals surface area contributed by atoms with Crippen LogP contribution in [-0.2, 0) is 0 Å². The zero-order chi connectivity index (χ0) is 20.1. The van der Waals surface area contributed by atoms with Gasteiger partial charge in [-0.2, -0.15) is 0 Å². The molecule has 0 amide bonds. The van der Waals surface area contributed by atoms with Crippen molar-refractivity contribution in [1.82, 2.24) is 19.9 Å². The van der Waals surface area contributed by atoms with Gasteiger partial charge in [-0.3, -0.25) is 4.98 Å². The first-order valence-electron chi connectivity index (χ1n) is 8.79. The first-order valence-corrected chi connectivity index (χ1v) is 9.17. The quantitative estimate of drug-likeness (QED) is 0.668. The van der Waals surface area contributed by atoms with Gasteiger partial charge in [0, 0.05) is 58.6 Å². The highest BCUT2D eigenvalue weighted by atomic mass is 35.5. The number of hydrogen-bond donors (Lipinski definition) is 2. The van der Waals surface area contributed by atoms with Gasteiger partial charge in [-0.25, -0.2) is 9.97 Å². The van der Waals surface area contributed by atoms with E-state index in [1.54, 1.807) is 44.2 Å². The molecule has 6 nitrogen and oxygen atoms in total. The standard InChI is InChI=1S/C21H22ClN5O/c1-13(21-26-8-6-18(23)25-9-10-27-21)16-11-17(22)14(2)19(20(16)28-3)15-5-4-7-24-12-15/h4-13,25H,23H2,1-3H3. The predicted octanol–water partition coefficient (Wildman–Crippen LogP) is 4.70. The lowest BCUT2D eigenvalue weighted by Gasteiger charge is -2.20. The van der Waals surface area contributed by atoms with E-state index in [0.29, 0.717) is 16.7 Å². The summed E-state index contributed by atoms with van der Waals surface area (Å²) in [5, 5.41) is 0.649. The van der Waals surface area contributed by atoms with Crippen LogP contribution >= 0.6 is 11.6 Å². The van der Waals surface area contributed by atoms with Crippen molar-refractivity contribution < 1.29 is 4.74 Å². The molecule has 1 unspecified atom stereocenters. The number of aromatic amines is 1. The molecule has 28 heavy (non-hydrogen) atoms. The molecule has 3 N–H and O–H groups in total. The molecule has 1 atom stereocenters. The van der Waals surface area contributed by atoms with E-state index >= 15 is 0 Å². The van der Waals surface area contributed by atoms with Gasteiger partial charge in [0.05, 0.1) is 7.11 Å². The highest BCUT2D eigenvalue weighted by Gasteiger charge is 2.22. The Morgan fingerprint density at radius 1 is 1.18 bits per heavy atom. The van der Waals surface area contributed by atoms with E-state index in [2.05, 4.69) is 19.9 Å². The molecular weight excluding hydrogens is 374 g/mol. The number of halogens is 1. The number of nitrogens with two attached hydrogens (primary N) is 1. The second kappa shape index (κ2) is 8.71. The van der Waals surface area contributed by atoms with Crippen molar-refractivity contribution in [1.29, 1.82) is 0 Å². The Hall–Kier alpha value is -3.12. The fourth-order valence-electron chi connectivity index (χ4n) is 3.03. The monoisotopic (exact) mass is 395 g/mol. The molecule has 0 saturated heterocycles. The lowest BCUT2D eigenvalue weighted by Crippen LogP contribution is -2.05. The average molecular weight is 396 g/mol. The number of benzene rings is 1. The van der Waals surface area contributed by atoms with Gasteiger partial charge in [-0.05, 0) is 30.7 Å². The second-order valence-corrected chi connectivity index (χ2v) is 6.70. The molecule has 0 aliphatic rings. The van der Waals surface area contributed by atoms with E-state index in [0.717, 1.165) is 28.0 Å². The number of anilines is 1. The summed E-state index contributed by atoms with van der Waals surface area (Å²) in [7, 11) is 1.65. The van der Waals surface area contributed by atoms with Gasteiger partial charge in [0.1, 0.15) is 17.4 Å². The molecule has 0 spiro atoms. The molecule has 0 aliphatic carbocycles. The number of nitrogens with one attached hydrogen (secondary N) is 1. The molecule has 0 bridgehead atoms. The lowest BCUT2D eigenvalue weighted by molar-refractivity contribution is 0.409. The molecule has 144 valence electrons. The van der Waals surface area contributed by atoms with Gasteiger partial charge in [-0.15, -0.1) is 0 Å². The number of pyridine rings is 1. The molecule has 3 rings (SSSR count). The third-order valence-corrected chi connectivity index (χ3v) is 4.90. The summed E-state index contributed by atoms with van der Waals surface area (Å²) in [4.78, 5) is 16.1. The van der Waals surface area contributed by atoms with Crippen LogP contribution in [0.4, 0.5) is 5.82 Å². The molecule has 0 radical (unpaired) electrons. The Labute approximate surface area is 169 Å². The Bertz CT molecular complexity index is 1020. The molecule has 0 aliphatic heterocycles. The molecule has 7 heteroatoms. The Kier molecular flexibility index (Phi) is 6.11. The minimum absolute atomic E-state index is 0.169. The van der Waals surface area contributed by atoms with Crippen molar-refractivity contribution in [2.45, 2.75) is 19.8 Å². The van der Waals surface area contributed by atoms with Crippen LogP contribution in [-0.4, -0.2) is 27.0 Å². The topological polar surface area (TPSA) is 89.7 Å². The van der Waals surface area contributed by atoms with Gasteiger partial charge < -0.3 is 15.5 Å². The van der Waals surface area contributed by atoms with Gasteiger partial charge in [0.15, 0.2) is 0 Å². The second-order valence-electron chi connectivity index (χ2n) is 6.29. The Balaban J connectivity index is 2.21. The van der Waals surface area contributed by atoms with Crippen LogP contribution in [0.5, 0.6) is 5.75 Å². The normalized spacial score (nSPS) is 11.6. The lowest BCUT2D eigenvalue weighted by atomic mass is 9.91. The number of methoxy groups -OCH3 is 1. The predicted molar refractivity (Wildman–Crippen MR) is 112 cm³/mol.